The largest absolute Gasteiger partial charge is 0.478 e. The van der Waals surface area contributed by atoms with Gasteiger partial charge in [0, 0.05) is 17.5 Å². The van der Waals surface area contributed by atoms with E-state index in [0.29, 0.717) is 25.1 Å². The van der Waals surface area contributed by atoms with Crippen LogP contribution in [0.5, 0.6) is 0 Å². The number of carbonyl (C=O) groups is 3. The second-order valence-corrected chi connectivity index (χ2v) is 7.32. The number of nitrogens with one attached hydrogen (secondary N) is 1. The van der Waals surface area contributed by atoms with Crippen molar-refractivity contribution in [2.24, 2.45) is 5.92 Å². The summed E-state index contributed by atoms with van der Waals surface area (Å²) in [6, 6.07) is 14.3. The van der Waals surface area contributed by atoms with Crippen LogP contribution < -0.4 is 5.32 Å². The second-order valence-electron chi connectivity index (χ2n) is 7.32. The van der Waals surface area contributed by atoms with Crippen LogP contribution in [0.15, 0.2) is 60.7 Å². The molecule has 0 aromatic heterocycles. The third kappa shape index (κ3) is 5.56. The van der Waals surface area contributed by atoms with Gasteiger partial charge in [-0.3, -0.25) is 10.1 Å². The van der Waals surface area contributed by atoms with Crippen LogP contribution >= 0.6 is 0 Å². The Balaban J connectivity index is 1.68. The van der Waals surface area contributed by atoms with E-state index in [0.717, 1.165) is 17.5 Å². The number of amides is 1. The minimum Gasteiger partial charge on any atom is -0.478 e. The van der Waals surface area contributed by atoms with E-state index in [9.17, 15) is 19.5 Å². The number of carboxylic acid groups (broad SMARTS) is 1. The van der Waals surface area contributed by atoms with E-state index in [4.69, 9.17) is 4.74 Å². The highest BCUT2D eigenvalue weighted by Crippen LogP contribution is 2.31. The normalized spacial score (nSPS) is 18.5. The fourth-order valence-electron chi connectivity index (χ4n) is 3.69. The topological polar surface area (TPSA) is 92.7 Å². The van der Waals surface area contributed by atoms with Crippen molar-refractivity contribution in [3.8, 4) is 0 Å². The van der Waals surface area contributed by atoms with Crippen LogP contribution in [-0.4, -0.2) is 29.6 Å². The third-order valence-electron chi connectivity index (χ3n) is 5.21. The van der Waals surface area contributed by atoms with Gasteiger partial charge >= 0.3 is 12.1 Å². The summed E-state index contributed by atoms with van der Waals surface area (Å²) in [7, 11) is 0. The Labute approximate surface area is 175 Å². The quantitative estimate of drug-likeness (QED) is 0.716. The Kier molecular flexibility index (Phi) is 7.01. The van der Waals surface area contributed by atoms with E-state index in [-0.39, 0.29) is 23.2 Å². The molecule has 0 radical (unpaired) electrons. The highest BCUT2D eigenvalue weighted by molar-refractivity contribution is 5.92. The summed E-state index contributed by atoms with van der Waals surface area (Å²) in [4.78, 5) is 35.5. The van der Waals surface area contributed by atoms with Crippen molar-refractivity contribution >= 4 is 23.5 Å². The van der Waals surface area contributed by atoms with Crippen LogP contribution in [0.2, 0.25) is 0 Å². The molecule has 0 saturated heterocycles. The lowest BCUT2D eigenvalue weighted by Crippen LogP contribution is -2.15. The molecular weight excluding hydrogens is 382 g/mol. The number of benzene rings is 2. The molecule has 6 nitrogen and oxygen atoms in total. The van der Waals surface area contributed by atoms with Crippen molar-refractivity contribution in [2.45, 2.75) is 32.1 Å². The molecule has 2 aromatic rings. The van der Waals surface area contributed by atoms with Crippen LogP contribution in [0.25, 0.3) is 0 Å². The van der Waals surface area contributed by atoms with Crippen LogP contribution in [-0.2, 0) is 16.0 Å². The second kappa shape index (κ2) is 9.87. The first-order valence-corrected chi connectivity index (χ1v) is 10.0. The van der Waals surface area contributed by atoms with Crippen molar-refractivity contribution in [1.29, 1.82) is 0 Å². The molecule has 0 fully saturated rings. The van der Waals surface area contributed by atoms with E-state index < -0.39 is 12.1 Å². The Morgan fingerprint density at radius 1 is 1.13 bits per heavy atom. The first kappa shape index (κ1) is 21.3. The maximum atomic E-state index is 12.6. The van der Waals surface area contributed by atoms with Crippen LogP contribution in [0.1, 0.15) is 47.2 Å². The molecule has 0 aliphatic heterocycles. The summed E-state index contributed by atoms with van der Waals surface area (Å²) in [5.41, 5.74) is 2.74. The molecule has 1 amide bonds. The van der Waals surface area contributed by atoms with Gasteiger partial charge in [0.1, 0.15) is 0 Å². The monoisotopic (exact) mass is 407 g/mol. The molecule has 1 aliphatic rings. The van der Waals surface area contributed by atoms with E-state index in [1.807, 2.05) is 30.3 Å². The standard InChI is InChI=1S/C24H25NO5/c1-2-30-24(29)25-21-8-3-5-16(14-21)13-19-10-9-17(11-12-22(19)26)18-6-4-7-20(15-18)23(27)28/h3-8,11-12,14-15,17,19H,2,9-10,13H2,1H3,(H,25,29)(H,27,28)/t17-,19?/m1/s1. The van der Waals surface area contributed by atoms with Gasteiger partial charge in [0.2, 0.25) is 0 Å². The van der Waals surface area contributed by atoms with Crippen LogP contribution in [0.3, 0.4) is 0 Å². The zero-order valence-electron chi connectivity index (χ0n) is 16.8. The van der Waals surface area contributed by atoms with Gasteiger partial charge in [0.05, 0.1) is 12.2 Å². The molecule has 0 spiro atoms. The molecule has 156 valence electrons. The number of hydrogen-bond donors (Lipinski definition) is 2. The van der Waals surface area contributed by atoms with E-state index in [1.54, 1.807) is 37.3 Å². The molecule has 0 saturated carbocycles. The van der Waals surface area contributed by atoms with Crippen molar-refractivity contribution in [2.75, 3.05) is 11.9 Å². The van der Waals surface area contributed by atoms with Gasteiger partial charge in [0.15, 0.2) is 5.78 Å². The third-order valence-corrected chi connectivity index (χ3v) is 5.21. The summed E-state index contributed by atoms with van der Waals surface area (Å²) in [6.45, 7) is 2.04. The maximum Gasteiger partial charge on any atom is 0.411 e. The summed E-state index contributed by atoms with van der Waals surface area (Å²) in [6.07, 6.45) is 5.02. The minimum absolute atomic E-state index is 0.00932. The fourth-order valence-corrected chi connectivity index (χ4v) is 3.69. The molecule has 2 N–H and O–H groups in total. The van der Waals surface area contributed by atoms with Gasteiger partial charge < -0.3 is 9.84 Å². The van der Waals surface area contributed by atoms with Gasteiger partial charge in [-0.1, -0.05) is 30.3 Å². The van der Waals surface area contributed by atoms with Crippen molar-refractivity contribution in [3.63, 3.8) is 0 Å². The smallest absolute Gasteiger partial charge is 0.411 e. The highest BCUT2D eigenvalue weighted by Gasteiger charge is 2.23. The number of ether oxygens (including phenoxy) is 1. The van der Waals surface area contributed by atoms with Crippen LogP contribution in [0, 0.1) is 5.92 Å². The lowest BCUT2D eigenvalue weighted by molar-refractivity contribution is -0.118. The van der Waals surface area contributed by atoms with E-state index in [2.05, 4.69) is 5.32 Å². The number of allylic oxidation sites excluding steroid dienone is 2. The highest BCUT2D eigenvalue weighted by atomic mass is 16.5. The number of carboxylic acids is 1. The summed E-state index contributed by atoms with van der Waals surface area (Å²) in [5, 5.41) is 11.9. The molecule has 3 rings (SSSR count). The Morgan fingerprint density at radius 2 is 1.93 bits per heavy atom. The van der Waals surface area contributed by atoms with Gasteiger partial charge in [-0.15, -0.1) is 0 Å². The number of aromatic carboxylic acids is 1. The SMILES string of the molecule is CCOC(=O)Nc1cccc(CC2CC[C@@H](c3cccc(C(=O)O)c3)C=CC2=O)c1. The first-order chi connectivity index (χ1) is 14.5. The molecule has 1 aliphatic carbocycles. The molecule has 2 aromatic carbocycles. The fraction of sp³-hybridized carbons (Fsp3) is 0.292. The Morgan fingerprint density at radius 3 is 2.70 bits per heavy atom. The van der Waals surface area contributed by atoms with E-state index >= 15 is 0 Å². The van der Waals surface area contributed by atoms with Gasteiger partial charge in [-0.05, 0) is 67.7 Å². The summed E-state index contributed by atoms with van der Waals surface area (Å²) >= 11 is 0. The molecule has 6 heteroatoms. The number of anilines is 1. The number of carbonyl (C=O) groups excluding carboxylic acids is 2. The molecule has 0 bridgehead atoms. The van der Waals surface area contributed by atoms with Crippen LogP contribution in [0.4, 0.5) is 10.5 Å². The number of hydrogen-bond acceptors (Lipinski definition) is 4. The predicted molar refractivity (Wildman–Crippen MR) is 114 cm³/mol. The van der Waals surface area contributed by atoms with Gasteiger partial charge in [0.25, 0.3) is 0 Å². The lowest BCUT2D eigenvalue weighted by Gasteiger charge is -2.16. The zero-order chi connectivity index (χ0) is 21.5. The number of ketones is 1. The molecular formula is C24H25NO5. The minimum atomic E-state index is -0.959. The summed E-state index contributed by atoms with van der Waals surface area (Å²) in [5.74, 6) is -1.04. The Bertz CT molecular complexity index is 966. The Hall–Kier alpha value is -3.41. The average Bonchev–Trinajstić information content (AvgIpc) is 2.90. The predicted octanol–water partition coefficient (Wildman–Crippen LogP) is 4.81. The van der Waals surface area contributed by atoms with Gasteiger partial charge in [-0.25, -0.2) is 9.59 Å². The van der Waals surface area contributed by atoms with Gasteiger partial charge in [-0.2, -0.15) is 0 Å². The maximum absolute atomic E-state index is 12.6. The van der Waals surface area contributed by atoms with E-state index in [1.165, 1.54) is 0 Å². The lowest BCUT2D eigenvalue weighted by atomic mass is 9.88. The first-order valence-electron chi connectivity index (χ1n) is 10.0. The van der Waals surface area contributed by atoms with Crippen molar-refractivity contribution in [3.05, 3.63) is 77.4 Å². The van der Waals surface area contributed by atoms with Crippen molar-refractivity contribution in [1.82, 2.24) is 0 Å². The molecule has 2 atom stereocenters. The molecule has 1 unspecified atom stereocenters. The van der Waals surface area contributed by atoms with Crippen molar-refractivity contribution < 1.29 is 24.2 Å². The molecule has 30 heavy (non-hydrogen) atoms. The average molecular weight is 407 g/mol. The molecule has 0 heterocycles. The summed E-state index contributed by atoms with van der Waals surface area (Å²) < 4.78 is 4.90. The number of rotatable bonds is 6. The zero-order valence-corrected chi connectivity index (χ0v) is 16.8.